The number of fused-ring (bicyclic) bond motifs is 1. The lowest BCUT2D eigenvalue weighted by Crippen LogP contribution is -2.17. The van der Waals surface area contributed by atoms with Crippen molar-refractivity contribution in [1.82, 2.24) is 0 Å². The minimum absolute atomic E-state index is 0.0311. The van der Waals surface area contributed by atoms with Crippen molar-refractivity contribution in [2.24, 2.45) is 5.92 Å². The Hall–Kier alpha value is -1.05. The summed E-state index contributed by atoms with van der Waals surface area (Å²) < 4.78 is 5.68. The van der Waals surface area contributed by atoms with Crippen LogP contribution in [0.4, 0.5) is 0 Å². The minimum Gasteiger partial charge on any atom is -0.378 e. The standard InChI is InChI=1S/C17H19ClO/c1-11-7-8-13-5-3-4-6-15(13)16(11)17(18)14-9-10-19-12(14)2/h3-8,12,14,17H,9-10H2,1-2H3. The van der Waals surface area contributed by atoms with Crippen molar-refractivity contribution in [1.29, 1.82) is 0 Å². The number of hydrogen-bond donors (Lipinski definition) is 0. The first-order chi connectivity index (χ1) is 9.18. The van der Waals surface area contributed by atoms with Gasteiger partial charge in [0.15, 0.2) is 0 Å². The van der Waals surface area contributed by atoms with Crippen molar-refractivity contribution < 1.29 is 4.74 Å². The SMILES string of the molecule is Cc1ccc2ccccc2c1C(Cl)C1CCOC1C. The second-order valence-electron chi connectivity index (χ2n) is 5.45. The zero-order valence-corrected chi connectivity index (χ0v) is 12.2. The summed E-state index contributed by atoms with van der Waals surface area (Å²) in [5, 5.41) is 2.57. The molecule has 1 heterocycles. The Bertz CT molecular complexity index is 593. The molecule has 19 heavy (non-hydrogen) atoms. The molecule has 0 radical (unpaired) electrons. The van der Waals surface area contributed by atoms with Gasteiger partial charge in [-0.1, -0.05) is 36.4 Å². The van der Waals surface area contributed by atoms with Gasteiger partial charge >= 0.3 is 0 Å². The van der Waals surface area contributed by atoms with Crippen LogP contribution < -0.4 is 0 Å². The zero-order valence-electron chi connectivity index (χ0n) is 11.4. The maximum absolute atomic E-state index is 6.81. The monoisotopic (exact) mass is 274 g/mol. The number of hydrogen-bond acceptors (Lipinski definition) is 1. The van der Waals surface area contributed by atoms with Gasteiger partial charge in [-0.25, -0.2) is 0 Å². The summed E-state index contributed by atoms with van der Waals surface area (Å²) in [6.07, 6.45) is 1.30. The Morgan fingerprint density at radius 3 is 2.74 bits per heavy atom. The predicted molar refractivity (Wildman–Crippen MR) is 80.8 cm³/mol. The third-order valence-corrected chi connectivity index (χ3v) is 4.82. The van der Waals surface area contributed by atoms with E-state index in [2.05, 4.69) is 50.2 Å². The summed E-state index contributed by atoms with van der Waals surface area (Å²) in [6.45, 7) is 5.12. The van der Waals surface area contributed by atoms with Gasteiger partial charge in [-0.2, -0.15) is 0 Å². The molecule has 0 saturated carbocycles. The van der Waals surface area contributed by atoms with Gasteiger partial charge in [-0.15, -0.1) is 11.6 Å². The van der Waals surface area contributed by atoms with Gasteiger partial charge in [0.25, 0.3) is 0 Å². The molecule has 1 aliphatic heterocycles. The van der Waals surface area contributed by atoms with Crippen LogP contribution in [0.25, 0.3) is 10.8 Å². The molecule has 0 N–H and O–H groups in total. The van der Waals surface area contributed by atoms with E-state index in [1.54, 1.807) is 0 Å². The van der Waals surface area contributed by atoms with E-state index in [1.165, 1.54) is 21.9 Å². The lowest BCUT2D eigenvalue weighted by Gasteiger charge is -2.23. The van der Waals surface area contributed by atoms with Gasteiger partial charge in [0.2, 0.25) is 0 Å². The summed E-state index contributed by atoms with van der Waals surface area (Å²) >= 11 is 6.81. The summed E-state index contributed by atoms with van der Waals surface area (Å²) in [5.74, 6) is 0.408. The van der Waals surface area contributed by atoms with Crippen LogP contribution in [0, 0.1) is 12.8 Å². The van der Waals surface area contributed by atoms with E-state index < -0.39 is 0 Å². The van der Waals surface area contributed by atoms with E-state index in [0.29, 0.717) is 5.92 Å². The first-order valence-corrected chi connectivity index (χ1v) is 7.36. The van der Waals surface area contributed by atoms with E-state index in [9.17, 15) is 0 Å². The van der Waals surface area contributed by atoms with E-state index in [4.69, 9.17) is 16.3 Å². The molecule has 3 atom stereocenters. The largest absolute Gasteiger partial charge is 0.378 e. The van der Waals surface area contributed by atoms with Crippen LogP contribution in [0.2, 0.25) is 0 Å². The summed E-state index contributed by atoms with van der Waals surface area (Å²) in [4.78, 5) is 0. The van der Waals surface area contributed by atoms with Crippen molar-refractivity contribution in [3.05, 3.63) is 47.5 Å². The minimum atomic E-state index is 0.0311. The number of aryl methyl sites for hydroxylation is 1. The number of halogens is 1. The van der Waals surface area contributed by atoms with Crippen LogP contribution in [-0.2, 0) is 4.74 Å². The molecule has 0 spiro atoms. The van der Waals surface area contributed by atoms with Crippen molar-refractivity contribution in [2.45, 2.75) is 31.7 Å². The van der Waals surface area contributed by atoms with Gasteiger partial charge in [0.05, 0.1) is 11.5 Å². The molecule has 1 fully saturated rings. The third kappa shape index (κ3) is 2.26. The highest BCUT2D eigenvalue weighted by molar-refractivity contribution is 6.22. The quantitative estimate of drug-likeness (QED) is 0.711. The fraction of sp³-hybridized carbons (Fsp3) is 0.412. The Kier molecular flexibility index (Phi) is 3.51. The van der Waals surface area contributed by atoms with Gasteiger partial charge in [-0.05, 0) is 42.2 Å². The average molecular weight is 275 g/mol. The maximum Gasteiger partial charge on any atom is 0.0647 e. The van der Waals surface area contributed by atoms with Crippen LogP contribution in [0.1, 0.15) is 29.8 Å². The zero-order chi connectivity index (χ0) is 13.4. The first-order valence-electron chi connectivity index (χ1n) is 6.92. The Morgan fingerprint density at radius 1 is 1.21 bits per heavy atom. The molecule has 0 amide bonds. The highest BCUT2D eigenvalue weighted by Gasteiger charge is 2.33. The first kappa shape index (κ1) is 13.0. The Balaban J connectivity index is 2.10. The van der Waals surface area contributed by atoms with Crippen LogP contribution in [-0.4, -0.2) is 12.7 Å². The second kappa shape index (κ2) is 5.15. The molecule has 100 valence electrons. The lowest BCUT2D eigenvalue weighted by molar-refractivity contribution is 0.105. The molecule has 2 heteroatoms. The molecular weight excluding hydrogens is 256 g/mol. The molecule has 0 aliphatic carbocycles. The van der Waals surface area contributed by atoms with Crippen LogP contribution in [0.3, 0.4) is 0 Å². The Morgan fingerprint density at radius 2 is 2.00 bits per heavy atom. The number of alkyl halides is 1. The Labute approximate surface area is 119 Å². The average Bonchev–Trinajstić information content (AvgIpc) is 2.84. The highest BCUT2D eigenvalue weighted by Crippen LogP contribution is 2.41. The maximum atomic E-state index is 6.81. The normalized spacial score (nSPS) is 24.8. The molecule has 3 unspecified atom stereocenters. The van der Waals surface area contributed by atoms with Crippen molar-refractivity contribution >= 4 is 22.4 Å². The van der Waals surface area contributed by atoms with Crippen molar-refractivity contribution in [3.63, 3.8) is 0 Å². The van der Waals surface area contributed by atoms with Gasteiger partial charge in [0.1, 0.15) is 0 Å². The van der Waals surface area contributed by atoms with Crippen molar-refractivity contribution in [3.8, 4) is 0 Å². The molecular formula is C17H19ClO. The van der Waals surface area contributed by atoms with Crippen LogP contribution in [0.5, 0.6) is 0 Å². The number of benzene rings is 2. The van der Waals surface area contributed by atoms with Gasteiger partial charge in [-0.3, -0.25) is 0 Å². The van der Waals surface area contributed by atoms with Gasteiger partial charge in [0, 0.05) is 12.5 Å². The molecule has 2 aromatic rings. The highest BCUT2D eigenvalue weighted by atomic mass is 35.5. The van der Waals surface area contributed by atoms with E-state index in [1.807, 2.05) is 0 Å². The van der Waals surface area contributed by atoms with Crippen LogP contribution >= 0.6 is 11.6 Å². The summed E-state index contributed by atoms with van der Waals surface area (Å²) in [6, 6.07) is 12.8. The van der Waals surface area contributed by atoms with E-state index in [-0.39, 0.29) is 11.5 Å². The van der Waals surface area contributed by atoms with Crippen molar-refractivity contribution in [2.75, 3.05) is 6.61 Å². The second-order valence-corrected chi connectivity index (χ2v) is 5.92. The number of rotatable bonds is 2. The predicted octanol–water partition coefficient (Wildman–Crippen LogP) is 4.85. The van der Waals surface area contributed by atoms with Crippen LogP contribution in [0.15, 0.2) is 36.4 Å². The molecule has 2 aromatic carbocycles. The van der Waals surface area contributed by atoms with E-state index >= 15 is 0 Å². The topological polar surface area (TPSA) is 9.23 Å². The summed E-state index contributed by atoms with van der Waals surface area (Å²) in [5.41, 5.74) is 2.56. The molecule has 3 rings (SSSR count). The molecule has 1 nitrogen and oxygen atoms in total. The summed E-state index contributed by atoms with van der Waals surface area (Å²) in [7, 11) is 0. The molecule has 1 saturated heterocycles. The third-order valence-electron chi connectivity index (χ3n) is 4.28. The van der Waals surface area contributed by atoms with Gasteiger partial charge < -0.3 is 4.74 Å². The molecule has 0 aromatic heterocycles. The lowest BCUT2D eigenvalue weighted by atomic mass is 9.88. The fourth-order valence-corrected chi connectivity index (χ4v) is 3.74. The number of ether oxygens (including phenoxy) is 1. The van der Waals surface area contributed by atoms with E-state index in [0.717, 1.165) is 13.0 Å². The smallest absolute Gasteiger partial charge is 0.0647 e. The fourth-order valence-electron chi connectivity index (χ4n) is 3.12. The molecule has 1 aliphatic rings. The molecule has 0 bridgehead atoms.